The highest BCUT2D eigenvalue weighted by Crippen LogP contribution is 2.86. The Balaban J connectivity index is 1.38. The third kappa shape index (κ3) is 1.37. The first-order chi connectivity index (χ1) is 13.3. The second-order valence-corrected chi connectivity index (χ2v) is 10.6. The fourth-order valence-corrected chi connectivity index (χ4v) is 9.23. The van der Waals surface area contributed by atoms with Crippen LogP contribution in [0.25, 0.3) is 0 Å². The highest BCUT2D eigenvalue weighted by atomic mass is 14.8. The molecule has 8 aliphatic rings. The molecule has 134 valence electrons. The molecule has 0 heteroatoms. The number of benzene rings is 2. The molecule has 0 aromatic heterocycles. The molecule has 4 saturated carbocycles. The average molecular weight is 351 g/mol. The van der Waals surface area contributed by atoms with E-state index in [1.807, 2.05) is 11.1 Å². The third-order valence-electron chi connectivity index (χ3n) is 10.1. The molecule has 2 aromatic rings. The SMILES string of the molecule is c1ccc2c(c1)C1C3=C(C[C@]45C[C@@]4(C3)C3CCC5CC3)C2c2ccccc21. The summed E-state index contributed by atoms with van der Waals surface area (Å²) < 4.78 is 0. The molecule has 0 nitrogen and oxygen atoms in total. The number of allylic oxidation sites excluding steroid dienone is 2. The number of hydrogen-bond donors (Lipinski definition) is 0. The van der Waals surface area contributed by atoms with Gasteiger partial charge >= 0.3 is 0 Å². The molecule has 2 atom stereocenters. The van der Waals surface area contributed by atoms with E-state index in [0.717, 1.165) is 11.8 Å². The predicted molar refractivity (Wildman–Crippen MR) is 108 cm³/mol. The second kappa shape index (κ2) is 4.27. The summed E-state index contributed by atoms with van der Waals surface area (Å²) in [7, 11) is 0. The van der Waals surface area contributed by atoms with E-state index >= 15 is 0 Å². The van der Waals surface area contributed by atoms with Crippen LogP contribution in [0.2, 0.25) is 0 Å². The van der Waals surface area contributed by atoms with Crippen LogP contribution in [0.5, 0.6) is 0 Å². The molecule has 8 aliphatic carbocycles. The van der Waals surface area contributed by atoms with Crippen LogP contribution in [-0.4, -0.2) is 0 Å². The van der Waals surface area contributed by atoms with Gasteiger partial charge in [0.15, 0.2) is 0 Å². The van der Waals surface area contributed by atoms with Crippen LogP contribution >= 0.6 is 0 Å². The van der Waals surface area contributed by atoms with Gasteiger partial charge in [0.1, 0.15) is 0 Å². The molecule has 10 rings (SSSR count). The molecule has 27 heavy (non-hydrogen) atoms. The van der Waals surface area contributed by atoms with Crippen molar-refractivity contribution in [2.24, 2.45) is 22.7 Å². The molecule has 0 N–H and O–H groups in total. The Morgan fingerprint density at radius 3 is 1.30 bits per heavy atom. The van der Waals surface area contributed by atoms with Crippen LogP contribution in [0, 0.1) is 22.7 Å². The zero-order valence-corrected chi connectivity index (χ0v) is 15.9. The van der Waals surface area contributed by atoms with Crippen LogP contribution in [0.15, 0.2) is 59.7 Å². The van der Waals surface area contributed by atoms with E-state index in [0.29, 0.717) is 22.7 Å². The summed E-state index contributed by atoms with van der Waals surface area (Å²) in [5.74, 6) is 3.21. The molecular formula is C27H26. The number of hydrogen-bond acceptors (Lipinski definition) is 0. The van der Waals surface area contributed by atoms with Gasteiger partial charge < -0.3 is 0 Å². The van der Waals surface area contributed by atoms with E-state index in [4.69, 9.17) is 0 Å². The van der Waals surface area contributed by atoms with E-state index in [9.17, 15) is 0 Å². The lowest BCUT2D eigenvalue weighted by Crippen LogP contribution is -2.45. The van der Waals surface area contributed by atoms with Crippen molar-refractivity contribution in [3.8, 4) is 0 Å². The summed E-state index contributed by atoms with van der Waals surface area (Å²) >= 11 is 0. The smallest absolute Gasteiger partial charge is 0.0308 e. The van der Waals surface area contributed by atoms with Gasteiger partial charge in [-0.05, 0) is 89.9 Å². The van der Waals surface area contributed by atoms with Crippen molar-refractivity contribution in [2.75, 3.05) is 0 Å². The molecular weight excluding hydrogens is 324 g/mol. The van der Waals surface area contributed by atoms with Gasteiger partial charge in [-0.1, -0.05) is 59.7 Å². The van der Waals surface area contributed by atoms with Crippen molar-refractivity contribution < 1.29 is 0 Å². The average Bonchev–Trinajstić information content (AvgIpc) is 3.45. The second-order valence-electron chi connectivity index (χ2n) is 10.6. The maximum atomic E-state index is 2.44. The monoisotopic (exact) mass is 350 g/mol. The van der Waals surface area contributed by atoms with Gasteiger partial charge in [0.2, 0.25) is 0 Å². The van der Waals surface area contributed by atoms with Gasteiger partial charge in [-0.25, -0.2) is 0 Å². The highest BCUT2D eigenvalue weighted by molar-refractivity contribution is 5.67. The Hall–Kier alpha value is -1.82. The molecule has 0 spiro atoms. The Morgan fingerprint density at radius 1 is 0.556 bits per heavy atom. The molecule has 0 saturated heterocycles. The zero-order chi connectivity index (χ0) is 17.4. The number of fused-ring (bicyclic) bond motifs is 2. The molecule has 0 unspecified atom stereocenters. The predicted octanol–water partition coefficient (Wildman–Crippen LogP) is 6.56. The van der Waals surface area contributed by atoms with Gasteiger partial charge in [0, 0.05) is 11.8 Å². The van der Waals surface area contributed by atoms with E-state index in [2.05, 4.69) is 48.5 Å². The molecule has 4 fully saturated rings. The van der Waals surface area contributed by atoms with Crippen molar-refractivity contribution >= 4 is 0 Å². The standard InChI is InChI=1S/C27H26/c1-2-6-19-18(5-1)24-20-7-3-4-8-21(20)25(19)23-14-27-15-26(27,13-22(23)24)16-9-11-17(27)12-10-16/h1-8,16-17,24-25H,9-15H2/t16?,17?,24?,25?,26-,27+. The Morgan fingerprint density at radius 2 is 0.926 bits per heavy atom. The molecule has 4 bridgehead atoms. The molecule has 0 amide bonds. The van der Waals surface area contributed by atoms with Gasteiger partial charge in [-0.15, -0.1) is 0 Å². The summed E-state index contributed by atoms with van der Waals surface area (Å²) in [6, 6.07) is 18.8. The largest absolute Gasteiger partial charge is 0.0619 e. The van der Waals surface area contributed by atoms with E-state index in [-0.39, 0.29) is 0 Å². The lowest BCUT2D eigenvalue weighted by Gasteiger charge is -2.55. The summed E-state index contributed by atoms with van der Waals surface area (Å²) in [4.78, 5) is 0. The Labute approximate surface area is 161 Å². The molecule has 0 heterocycles. The quantitative estimate of drug-likeness (QED) is 0.472. The highest BCUT2D eigenvalue weighted by Gasteiger charge is 2.77. The summed E-state index contributed by atoms with van der Waals surface area (Å²) in [5.41, 5.74) is 11.7. The van der Waals surface area contributed by atoms with Gasteiger partial charge in [-0.3, -0.25) is 0 Å². The summed E-state index contributed by atoms with van der Waals surface area (Å²) in [5, 5.41) is 0. The minimum absolute atomic E-state index is 0.561. The molecule has 2 aromatic carbocycles. The first-order valence-corrected chi connectivity index (χ1v) is 11.2. The van der Waals surface area contributed by atoms with Crippen molar-refractivity contribution in [1.29, 1.82) is 0 Å². The minimum atomic E-state index is 0.561. The van der Waals surface area contributed by atoms with Crippen molar-refractivity contribution in [3.05, 3.63) is 81.9 Å². The summed E-state index contributed by atoms with van der Waals surface area (Å²) in [6.45, 7) is 0. The van der Waals surface area contributed by atoms with Gasteiger partial charge in [0.25, 0.3) is 0 Å². The van der Waals surface area contributed by atoms with Gasteiger partial charge in [-0.2, -0.15) is 0 Å². The van der Waals surface area contributed by atoms with Crippen LogP contribution in [0.3, 0.4) is 0 Å². The van der Waals surface area contributed by atoms with Crippen molar-refractivity contribution in [1.82, 2.24) is 0 Å². The molecule has 0 radical (unpaired) electrons. The first kappa shape index (κ1) is 14.2. The fraction of sp³-hybridized carbons (Fsp3) is 0.481. The summed E-state index contributed by atoms with van der Waals surface area (Å²) in [6.07, 6.45) is 10.6. The number of rotatable bonds is 0. The Kier molecular flexibility index (Phi) is 2.25. The van der Waals surface area contributed by atoms with E-state index < -0.39 is 0 Å². The van der Waals surface area contributed by atoms with Crippen LogP contribution in [-0.2, 0) is 0 Å². The topological polar surface area (TPSA) is 0 Å². The normalized spacial score (nSPS) is 44.1. The van der Waals surface area contributed by atoms with E-state index in [1.165, 1.54) is 38.5 Å². The maximum Gasteiger partial charge on any atom is 0.0308 e. The van der Waals surface area contributed by atoms with Gasteiger partial charge in [0.05, 0.1) is 0 Å². The first-order valence-electron chi connectivity index (χ1n) is 11.2. The van der Waals surface area contributed by atoms with Crippen molar-refractivity contribution in [2.45, 2.75) is 56.8 Å². The van der Waals surface area contributed by atoms with Crippen LogP contribution in [0.4, 0.5) is 0 Å². The lowest BCUT2D eigenvalue weighted by molar-refractivity contribution is 0.0151. The fourth-order valence-electron chi connectivity index (χ4n) is 9.23. The Bertz CT molecular complexity index is 920. The lowest BCUT2D eigenvalue weighted by atomic mass is 9.49. The van der Waals surface area contributed by atoms with Crippen LogP contribution in [0.1, 0.15) is 79.0 Å². The van der Waals surface area contributed by atoms with E-state index in [1.54, 1.807) is 28.7 Å². The van der Waals surface area contributed by atoms with Crippen molar-refractivity contribution in [3.63, 3.8) is 0 Å². The molecule has 0 aliphatic heterocycles. The zero-order valence-electron chi connectivity index (χ0n) is 15.9. The minimum Gasteiger partial charge on any atom is -0.0619 e. The maximum absolute atomic E-state index is 2.44. The van der Waals surface area contributed by atoms with Crippen LogP contribution < -0.4 is 0 Å². The third-order valence-corrected chi connectivity index (χ3v) is 10.1.